The number of allylic oxidation sites excluding steroid dienone is 1. The van der Waals surface area contributed by atoms with Crippen LogP contribution in [0.2, 0.25) is 0 Å². The summed E-state index contributed by atoms with van der Waals surface area (Å²) in [6.45, 7) is 2.91. The Balaban J connectivity index is 1.85. The molecule has 0 amide bonds. The summed E-state index contributed by atoms with van der Waals surface area (Å²) in [6.07, 6.45) is 8.47. The quantitative estimate of drug-likeness (QED) is 0.546. The second kappa shape index (κ2) is 7.35. The van der Waals surface area contributed by atoms with E-state index in [4.69, 9.17) is 4.74 Å². The molecule has 30 heavy (non-hydrogen) atoms. The summed E-state index contributed by atoms with van der Waals surface area (Å²) < 4.78 is 7.83. The fourth-order valence-electron chi connectivity index (χ4n) is 5.33. The zero-order valence-electron chi connectivity index (χ0n) is 17.6. The van der Waals surface area contributed by atoms with Crippen LogP contribution in [0.1, 0.15) is 66.4 Å². The lowest BCUT2D eigenvalue weighted by Gasteiger charge is -2.24. The maximum Gasteiger partial charge on any atom is 0.335 e. The highest BCUT2D eigenvalue weighted by Crippen LogP contribution is 2.46. The molecular formula is C26H27NO3. The molecule has 4 nitrogen and oxygen atoms in total. The van der Waals surface area contributed by atoms with Crippen molar-refractivity contribution in [2.75, 3.05) is 7.11 Å². The third kappa shape index (κ3) is 3.02. The molecule has 0 unspecified atom stereocenters. The van der Waals surface area contributed by atoms with E-state index in [9.17, 15) is 9.90 Å². The van der Waals surface area contributed by atoms with Crippen molar-refractivity contribution >= 4 is 22.9 Å². The number of carboxylic acid groups (broad SMARTS) is 1. The summed E-state index contributed by atoms with van der Waals surface area (Å²) in [5.41, 5.74) is 7.66. The standard InChI is InChI=1S/C26H27NO3/c1-16-12-19-13-20(30-2)9-11-21(19)25-24(17-6-4-3-5-7-17)22-10-8-18(26(28)29)14-23(22)27(25)15-16/h8-14,17H,3-7,15H2,1-2H3,(H,28,29). The molecule has 5 rings (SSSR count). The van der Waals surface area contributed by atoms with Gasteiger partial charge in [-0.25, -0.2) is 4.79 Å². The SMILES string of the molecule is COc1ccc2c(c1)C=C(C)Cn1c-2c(C2CCCCC2)c2ccc(C(=O)O)cc21. The molecule has 3 aromatic rings. The summed E-state index contributed by atoms with van der Waals surface area (Å²) in [4.78, 5) is 11.7. The van der Waals surface area contributed by atoms with Crippen molar-refractivity contribution in [1.82, 2.24) is 4.57 Å². The van der Waals surface area contributed by atoms with Gasteiger partial charge in [-0.2, -0.15) is 0 Å². The van der Waals surface area contributed by atoms with E-state index in [1.165, 1.54) is 65.4 Å². The van der Waals surface area contributed by atoms with Gasteiger partial charge in [0.25, 0.3) is 0 Å². The van der Waals surface area contributed by atoms with Gasteiger partial charge in [0.15, 0.2) is 0 Å². The molecule has 1 fully saturated rings. The first-order valence-corrected chi connectivity index (χ1v) is 10.8. The van der Waals surface area contributed by atoms with Crippen molar-refractivity contribution in [3.63, 3.8) is 0 Å². The number of ether oxygens (including phenoxy) is 1. The molecular weight excluding hydrogens is 374 g/mol. The third-order valence-corrected chi connectivity index (χ3v) is 6.69. The molecule has 154 valence electrons. The van der Waals surface area contributed by atoms with Crippen LogP contribution in [0.5, 0.6) is 5.75 Å². The highest BCUT2D eigenvalue weighted by molar-refractivity contribution is 5.99. The second-order valence-corrected chi connectivity index (χ2v) is 8.66. The summed E-state index contributed by atoms with van der Waals surface area (Å²) in [5.74, 6) is 0.494. The summed E-state index contributed by atoms with van der Waals surface area (Å²) >= 11 is 0. The van der Waals surface area contributed by atoms with Crippen LogP contribution in [0.3, 0.4) is 0 Å². The molecule has 1 N–H and O–H groups in total. The lowest BCUT2D eigenvalue weighted by molar-refractivity contribution is 0.0697. The van der Waals surface area contributed by atoms with Crippen LogP contribution in [-0.4, -0.2) is 22.8 Å². The van der Waals surface area contributed by atoms with E-state index in [2.05, 4.69) is 29.7 Å². The number of benzene rings is 2. The first-order valence-electron chi connectivity index (χ1n) is 10.8. The van der Waals surface area contributed by atoms with Gasteiger partial charge in [0.05, 0.1) is 18.4 Å². The molecule has 1 aliphatic heterocycles. The van der Waals surface area contributed by atoms with E-state index in [0.717, 1.165) is 17.8 Å². The number of carboxylic acids is 1. The van der Waals surface area contributed by atoms with Gasteiger partial charge in [-0.3, -0.25) is 0 Å². The molecule has 0 radical (unpaired) electrons. The minimum absolute atomic E-state index is 0.346. The number of rotatable bonds is 3. The van der Waals surface area contributed by atoms with Crippen LogP contribution in [0.15, 0.2) is 42.0 Å². The summed E-state index contributed by atoms with van der Waals surface area (Å²) in [7, 11) is 1.70. The Morgan fingerprint density at radius 1 is 1.10 bits per heavy atom. The Labute approximate surface area is 176 Å². The van der Waals surface area contributed by atoms with Crippen molar-refractivity contribution < 1.29 is 14.6 Å². The molecule has 4 heteroatoms. The maximum atomic E-state index is 11.7. The predicted octanol–water partition coefficient (Wildman–Crippen LogP) is 6.48. The minimum Gasteiger partial charge on any atom is -0.497 e. The fourth-order valence-corrected chi connectivity index (χ4v) is 5.33. The lowest BCUT2D eigenvalue weighted by Crippen LogP contribution is -2.07. The third-order valence-electron chi connectivity index (χ3n) is 6.69. The number of methoxy groups -OCH3 is 1. The van der Waals surface area contributed by atoms with Crippen molar-refractivity contribution in [2.24, 2.45) is 0 Å². The van der Waals surface area contributed by atoms with Crippen LogP contribution in [-0.2, 0) is 6.54 Å². The molecule has 2 aliphatic rings. The number of aromatic nitrogens is 1. The van der Waals surface area contributed by atoms with Crippen molar-refractivity contribution in [3.05, 3.63) is 58.7 Å². The van der Waals surface area contributed by atoms with Crippen LogP contribution in [0.4, 0.5) is 0 Å². The topological polar surface area (TPSA) is 51.5 Å². The van der Waals surface area contributed by atoms with Crippen LogP contribution >= 0.6 is 0 Å². The number of carbonyl (C=O) groups is 1. The lowest BCUT2D eigenvalue weighted by atomic mass is 9.81. The van der Waals surface area contributed by atoms with Crippen molar-refractivity contribution in [1.29, 1.82) is 0 Å². The van der Waals surface area contributed by atoms with E-state index in [0.29, 0.717) is 11.5 Å². The Morgan fingerprint density at radius 2 is 1.90 bits per heavy atom. The van der Waals surface area contributed by atoms with E-state index in [1.807, 2.05) is 18.2 Å². The number of hydrogen-bond donors (Lipinski definition) is 1. The smallest absolute Gasteiger partial charge is 0.335 e. The highest BCUT2D eigenvalue weighted by atomic mass is 16.5. The zero-order chi connectivity index (χ0) is 20.8. The number of fused-ring (bicyclic) bond motifs is 5. The van der Waals surface area contributed by atoms with E-state index < -0.39 is 5.97 Å². The van der Waals surface area contributed by atoms with Gasteiger partial charge >= 0.3 is 5.97 Å². The maximum absolute atomic E-state index is 11.7. The van der Waals surface area contributed by atoms with Gasteiger partial charge in [-0.05, 0) is 67.1 Å². The largest absolute Gasteiger partial charge is 0.497 e. The molecule has 0 saturated heterocycles. The van der Waals surface area contributed by atoms with E-state index >= 15 is 0 Å². The molecule has 0 atom stereocenters. The zero-order valence-corrected chi connectivity index (χ0v) is 17.6. The van der Waals surface area contributed by atoms with Gasteiger partial charge < -0.3 is 14.4 Å². The van der Waals surface area contributed by atoms with Crippen LogP contribution in [0, 0.1) is 0 Å². The molecule has 2 aromatic carbocycles. The van der Waals surface area contributed by atoms with Gasteiger partial charge in [0.2, 0.25) is 0 Å². The molecule has 0 bridgehead atoms. The molecule has 1 aliphatic carbocycles. The van der Waals surface area contributed by atoms with Crippen molar-refractivity contribution in [3.8, 4) is 17.0 Å². The Kier molecular flexibility index (Phi) is 4.65. The van der Waals surface area contributed by atoms with Gasteiger partial charge in [-0.15, -0.1) is 0 Å². The number of aromatic carboxylic acids is 1. The Hall–Kier alpha value is -3.01. The van der Waals surface area contributed by atoms with E-state index in [1.54, 1.807) is 13.2 Å². The molecule has 0 spiro atoms. The average molecular weight is 402 g/mol. The predicted molar refractivity (Wildman–Crippen MR) is 120 cm³/mol. The van der Waals surface area contributed by atoms with Gasteiger partial charge in [0, 0.05) is 23.0 Å². The minimum atomic E-state index is -0.877. The van der Waals surface area contributed by atoms with Crippen LogP contribution < -0.4 is 4.74 Å². The Morgan fingerprint density at radius 3 is 2.63 bits per heavy atom. The normalized spacial score (nSPS) is 16.5. The first-order chi connectivity index (χ1) is 14.6. The second-order valence-electron chi connectivity index (χ2n) is 8.66. The molecule has 2 heterocycles. The molecule has 1 saturated carbocycles. The van der Waals surface area contributed by atoms with E-state index in [-0.39, 0.29) is 0 Å². The first kappa shape index (κ1) is 19.0. The van der Waals surface area contributed by atoms with Crippen LogP contribution in [0.25, 0.3) is 28.2 Å². The average Bonchev–Trinajstić information content (AvgIpc) is 2.98. The van der Waals surface area contributed by atoms with Gasteiger partial charge in [-0.1, -0.05) is 37.0 Å². The Bertz CT molecular complexity index is 1180. The van der Waals surface area contributed by atoms with Crippen molar-refractivity contribution in [2.45, 2.75) is 51.5 Å². The summed E-state index contributed by atoms with van der Waals surface area (Å²) in [5, 5.41) is 10.8. The monoisotopic (exact) mass is 401 g/mol. The molecule has 1 aromatic heterocycles. The number of hydrogen-bond acceptors (Lipinski definition) is 2. The summed E-state index contributed by atoms with van der Waals surface area (Å²) in [6, 6.07) is 12.0. The number of nitrogens with zero attached hydrogens (tertiary/aromatic N) is 1. The van der Waals surface area contributed by atoms with Gasteiger partial charge in [0.1, 0.15) is 5.75 Å². The fraction of sp³-hybridized carbons (Fsp3) is 0.346. The highest BCUT2D eigenvalue weighted by Gasteiger charge is 2.29.